The highest BCUT2D eigenvalue weighted by Crippen LogP contribution is 2.36. The third kappa shape index (κ3) is 6.12. The maximum atomic E-state index is 12.9. The number of nitrogens with one attached hydrogen (secondary N) is 1. The number of amides is 1. The Labute approximate surface area is 192 Å². The number of rotatable bonds is 6. The van der Waals surface area contributed by atoms with Crippen LogP contribution in [0.5, 0.6) is 0 Å². The molecule has 0 spiro atoms. The van der Waals surface area contributed by atoms with Crippen LogP contribution in [-0.4, -0.2) is 48.5 Å². The maximum absolute atomic E-state index is 12.9. The van der Waals surface area contributed by atoms with Crippen LogP contribution in [-0.2, 0) is 11.0 Å². The Morgan fingerprint density at radius 2 is 1.88 bits per heavy atom. The summed E-state index contributed by atoms with van der Waals surface area (Å²) in [6.45, 7) is 2.18. The topological polar surface area (TPSA) is 103 Å². The molecule has 8 nitrogen and oxygen atoms in total. The van der Waals surface area contributed by atoms with E-state index in [0.29, 0.717) is 50.0 Å². The highest BCUT2D eigenvalue weighted by atomic mass is 35.5. The predicted molar refractivity (Wildman–Crippen MR) is 116 cm³/mol. The summed E-state index contributed by atoms with van der Waals surface area (Å²) in [7, 11) is 0. The quantitative estimate of drug-likeness (QED) is 0.488. The van der Waals surface area contributed by atoms with Gasteiger partial charge in [-0.1, -0.05) is 11.6 Å². The van der Waals surface area contributed by atoms with E-state index in [9.17, 15) is 28.1 Å². The van der Waals surface area contributed by atoms with E-state index < -0.39 is 22.4 Å². The minimum Gasteiger partial charge on any atom is -0.363 e. The van der Waals surface area contributed by atoms with Gasteiger partial charge in [0, 0.05) is 50.9 Å². The number of benzene rings is 2. The Morgan fingerprint density at radius 3 is 2.45 bits per heavy atom. The third-order valence-electron chi connectivity index (χ3n) is 5.24. The normalized spacial score (nSPS) is 14.6. The Bertz CT molecular complexity index is 1100. The molecular weight excluding hydrogens is 463 g/mol. The van der Waals surface area contributed by atoms with Crippen LogP contribution in [0.2, 0.25) is 5.02 Å². The Kier molecular flexibility index (Phi) is 7.40. The van der Waals surface area contributed by atoms with Crippen molar-refractivity contribution in [3.8, 4) is 6.07 Å². The molecule has 1 aliphatic rings. The fraction of sp³-hybridized carbons (Fsp3) is 0.333. The van der Waals surface area contributed by atoms with Crippen molar-refractivity contribution in [3.63, 3.8) is 0 Å². The number of carbonyl (C=O) groups is 1. The number of nitrogens with zero attached hydrogens (tertiary/aromatic N) is 4. The molecule has 12 heteroatoms. The van der Waals surface area contributed by atoms with Crippen LogP contribution < -0.4 is 10.2 Å². The Morgan fingerprint density at radius 1 is 1.18 bits per heavy atom. The first kappa shape index (κ1) is 24.3. The van der Waals surface area contributed by atoms with Gasteiger partial charge in [0.05, 0.1) is 21.1 Å². The summed E-state index contributed by atoms with van der Waals surface area (Å²) in [5.74, 6) is -0.239. The summed E-state index contributed by atoms with van der Waals surface area (Å²) in [6.07, 6.45) is -4.47. The number of nitro groups is 1. The largest absolute Gasteiger partial charge is 0.416 e. The number of piperazine rings is 1. The summed E-state index contributed by atoms with van der Waals surface area (Å²) in [6, 6.07) is 9.05. The van der Waals surface area contributed by atoms with Gasteiger partial charge in [0.25, 0.3) is 5.69 Å². The van der Waals surface area contributed by atoms with E-state index in [4.69, 9.17) is 16.9 Å². The lowest BCUT2D eigenvalue weighted by Gasteiger charge is -2.35. The van der Waals surface area contributed by atoms with Crippen LogP contribution in [0, 0.1) is 21.4 Å². The van der Waals surface area contributed by atoms with Gasteiger partial charge in [-0.15, -0.1) is 0 Å². The zero-order valence-electron chi connectivity index (χ0n) is 17.2. The first-order valence-corrected chi connectivity index (χ1v) is 10.3. The number of carbonyl (C=O) groups excluding carboxylic acids is 1. The van der Waals surface area contributed by atoms with Gasteiger partial charge in [-0.2, -0.15) is 18.4 Å². The second kappa shape index (κ2) is 10.1. The zero-order valence-corrected chi connectivity index (χ0v) is 18.0. The van der Waals surface area contributed by atoms with Gasteiger partial charge in [0.15, 0.2) is 0 Å². The number of nitriles is 1. The van der Waals surface area contributed by atoms with Crippen molar-refractivity contribution in [2.45, 2.75) is 12.6 Å². The zero-order chi connectivity index (χ0) is 24.2. The van der Waals surface area contributed by atoms with Crippen molar-refractivity contribution in [2.75, 3.05) is 42.9 Å². The van der Waals surface area contributed by atoms with Crippen molar-refractivity contribution in [3.05, 3.63) is 62.7 Å². The van der Waals surface area contributed by atoms with E-state index in [0.717, 1.165) is 12.1 Å². The fourth-order valence-electron chi connectivity index (χ4n) is 3.49. The smallest absolute Gasteiger partial charge is 0.363 e. The van der Waals surface area contributed by atoms with E-state index in [-0.39, 0.29) is 23.0 Å². The molecule has 2 aromatic rings. The molecule has 0 unspecified atom stereocenters. The molecule has 1 aliphatic heterocycles. The molecule has 0 atom stereocenters. The van der Waals surface area contributed by atoms with Gasteiger partial charge in [0.1, 0.15) is 11.8 Å². The van der Waals surface area contributed by atoms with Gasteiger partial charge >= 0.3 is 6.18 Å². The maximum Gasteiger partial charge on any atom is 0.416 e. The molecule has 3 rings (SSSR count). The highest BCUT2D eigenvalue weighted by molar-refractivity contribution is 6.32. The predicted octanol–water partition coefficient (Wildman–Crippen LogP) is 4.29. The number of halogens is 4. The molecule has 0 bridgehead atoms. The lowest BCUT2D eigenvalue weighted by atomic mass is 10.1. The highest BCUT2D eigenvalue weighted by Gasteiger charge is 2.34. The molecule has 174 valence electrons. The third-order valence-corrected chi connectivity index (χ3v) is 5.55. The molecule has 0 saturated carbocycles. The molecule has 1 amide bonds. The van der Waals surface area contributed by atoms with Crippen molar-refractivity contribution >= 4 is 34.6 Å². The average molecular weight is 482 g/mol. The SMILES string of the molecule is N#Cc1ccc(NC(=O)CCN2CCN(c3ccc(C(F)(F)F)cc3[N+](=O)[O-])CC2)cc1Cl. The fourth-order valence-corrected chi connectivity index (χ4v) is 3.72. The van der Waals surface area contributed by atoms with Crippen LogP contribution in [0.15, 0.2) is 36.4 Å². The van der Waals surface area contributed by atoms with Crippen molar-refractivity contribution < 1.29 is 22.9 Å². The van der Waals surface area contributed by atoms with Crippen molar-refractivity contribution in [1.82, 2.24) is 4.90 Å². The van der Waals surface area contributed by atoms with Crippen LogP contribution in [0.3, 0.4) is 0 Å². The summed E-state index contributed by atoms with van der Waals surface area (Å²) in [5.41, 5.74) is -0.725. The number of nitro benzene ring substituents is 1. The molecule has 33 heavy (non-hydrogen) atoms. The molecule has 2 aromatic carbocycles. The molecule has 1 saturated heterocycles. The van der Waals surface area contributed by atoms with Crippen molar-refractivity contribution in [2.24, 2.45) is 0 Å². The first-order valence-electron chi connectivity index (χ1n) is 9.91. The van der Waals surface area contributed by atoms with Gasteiger partial charge in [0.2, 0.25) is 5.91 Å². The molecule has 1 fully saturated rings. The van der Waals surface area contributed by atoms with Crippen LogP contribution in [0.1, 0.15) is 17.5 Å². The Hall–Kier alpha value is -3.36. The average Bonchev–Trinajstić information content (AvgIpc) is 2.77. The van der Waals surface area contributed by atoms with E-state index in [1.165, 1.54) is 12.1 Å². The summed E-state index contributed by atoms with van der Waals surface area (Å²) in [5, 5.41) is 23.2. The van der Waals surface area contributed by atoms with Crippen LogP contribution in [0.4, 0.5) is 30.2 Å². The Balaban J connectivity index is 1.54. The summed E-state index contributed by atoms with van der Waals surface area (Å²) >= 11 is 5.95. The van der Waals surface area contributed by atoms with E-state index in [1.807, 2.05) is 11.0 Å². The lowest BCUT2D eigenvalue weighted by Crippen LogP contribution is -2.47. The van der Waals surface area contributed by atoms with Crippen molar-refractivity contribution in [1.29, 1.82) is 5.26 Å². The summed E-state index contributed by atoms with van der Waals surface area (Å²) in [4.78, 5) is 26.4. The van der Waals surface area contributed by atoms with E-state index in [2.05, 4.69) is 5.32 Å². The molecule has 0 aromatic heterocycles. The monoisotopic (exact) mass is 481 g/mol. The van der Waals surface area contributed by atoms with Gasteiger partial charge in [-0.25, -0.2) is 0 Å². The standard InChI is InChI=1S/C21H19ClF3N5O3/c22-17-12-16(3-1-14(17)13-26)27-20(31)5-6-28-7-9-29(10-8-28)18-4-2-15(21(23,24)25)11-19(18)30(32)33/h1-4,11-12H,5-10H2,(H,27,31). The van der Waals surface area contributed by atoms with Crippen LogP contribution >= 0.6 is 11.6 Å². The number of alkyl halides is 3. The molecule has 0 aliphatic carbocycles. The number of hydrogen-bond donors (Lipinski definition) is 1. The van der Waals surface area contributed by atoms with Gasteiger partial charge < -0.3 is 10.2 Å². The van der Waals surface area contributed by atoms with E-state index >= 15 is 0 Å². The minimum atomic E-state index is -4.66. The molecule has 1 N–H and O–H groups in total. The molecule has 0 radical (unpaired) electrons. The molecule has 1 heterocycles. The second-order valence-corrected chi connectivity index (χ2v) is 7.80. The summed E-state index contributed by atoms with van der Waals surface area (Å²) < 4.78 is 38.7. The van der Waals surface area contributed by atoms with Gasteiger partial charge in [-0.3, -0.25) is 19.8 Å². The first-order chi connectivity index (χ1) is 15.6. The minimum absolute atomic E-state index is 0.142. The number of anilines is 2. The van der Waals surface area contributed by atoms with Crippen LogP contribution in [0.25, 0.3) is 0 Å². The second-order valence-electron chi connectivity index (χ2n) is 7.39. The van der Waals surface area contributed by atoms with E-state index in [1.54, 1.807) is 11.0 Å². The lowest BCUT2D eigenvalue weighted by molar-refractivity contribution is -0.384. The molecular formula is C21H19ClF3N5O3. The van der Waals surface area contributed by atoms with Gasteiger partial charge in [-0.05, 0) is 30.3 Å². The number of hydrogen-bond acceptors (Lipinski definition) is 6.